The van der Waals surface area contributed by atoms with E-state index in [9.17, 15) is 0 Å². The van der Waals surface area contributed by atoms with Crippen molar-refractivity contribution in [3.8, 4) is 0 Å². The number of halogens is 1. The largest absolute Gasteiger partial charge is 0.381 e. The number of hydrogen-bond acceptors (Lipinski definition) is 4. The molecule has 1 aliphatic rings. The minimum absolute atomic E-state index is 0. The smallest absolute Gasteiger partial charge is 0.191 e. The third kappa shape index (κ3) is 8.52. The highest BCUT2D eigenvalue weighted by molar-refractivity contribution is 14.0. The molecule has 2 N–H and O–H groups in total. The molecule has 1 aromatic heterocycles. The molecule has 29 heavy (non-hydrogen) atoms. The van der Waals surface area contributed by atoms with Crippen molar-refractivity contribution in [1.82, 2.24) is 10.6 Å². The number of rotatable bonds is 9. The molecule has 2 heterocycles. The number of thiophene rings is 1. The van der Waals surface area contributed by atoms with Crippen molar-refractivity contribution in [2.75, 3.05) is 44.8 Å². The minimum Gasteiger partial charge on any atom is -0.381 e. The van der Waals surface area contributed by atoms with Crippen molar-refractivity contribution in [3.05, 3.63) is 53.4 Å². The SMILES string of the molecule is CN=C(NCCCOCCc1ccccc1)NC1CCN(c2cccs2)CC1.I. The number of ether oxygens (including phenoxy) is 1. The van der Waals surface area contributed by atoms with Gasteiger partial charge >= 0.3 is 0 Å². The molecular formula is C22H33IN4OS. The summed E-state index contributed by atoms with van der Waals surface area (Å²) in [6, 6.07) is 15.3. The molecule has 0 radical (unpaired) electrons. The molecule has 0 amide bonds. The summed E-state index contributed by atoms with van der Waals surface area (Å²) in [6.07, 6.45) is 4.23. The summed E-state index contributed by atoms with van der Waals surface area (Å²) in [4.78, 5) is 6.84. The van der Waals surface area contributed by atoms with Gasteiger partial charge in [0.15, 0.2) is 5.96 Å². The fourth-order valence-electron chi connectivity index (χ4n) is 3.40. The normalized spacial score (nSPS) is 15.1. The fraction of sp³-hybridized carbons (Fsp3) is 0.500. The van der Waals surface area contributed by atoms with E-state index in [1.807, 2.05) is 24.5 Å². The second-order valence-corrected chi connectivity index (χ2v) is 7.98. The van der Waals surface area contributed by atoms with Crippen molar-refractivity contribution in [2.45, 2.75) is 31.7 Å². The lowest BCUT2D eigenvalue weighted by atomic mass is 10.1. The quantitative estimate of drug-likeness (QED) is 0.222. The van der Waals surface area contributed by atoms with Crippen LogP contribution in [0.5, 0.6) is 0 Å². The van der Waals surface area contributed by atoms with Crippen LogP contribution in [-0.2, 0) is 11.2 Å². The van der Waals surface area contributed by atoms with E-state index in [4.69, 9.17) is 4.74 Å². The van der Waals surface area contributed by atoms with Gasteiger partial charge in [-0.2, -0.15) is 0 Å². The lowest BCUT2D eigenvalue weighted by molar-refractivity contribution is 0.135. The molecule has 0 bridgehead atoms. The maximum absolute atomic E-state index is 5.75. The van der Waals surface area contributed by atoms with Gasteiger partial charge in [-0.1, -0.05) is 30.3 Å². The molecule has 0 unspecified atom stereocenters. The number of nitrogens with one attached hydrogen (secondary N) is 2. The van der Waals surface area contributed by atoms with Crippen LogP contribution >= 0.6 is 35.3 Å². The monoisotopic (exact) mass is 528 g/mol. The summed E-state index contributed by atoms with van der Waals surface area (Å²) >= 11 is 1.82. The van der Waals surface area contributed by atoms with Crippen LogP contribution in [0.15, 0.2) is 52.8 Å². The Morgan fingerprint density at radius 1 is 1.14 bits per heavy atom. The van der Waals surface area contributed by atoms with E-state index < -0.39 is 0 Å². The van der Waals surface area contributed by atoms with Crippen molar-refractivity contribution in [1.29, 1.82) is 0 Å². The van der Waals surface area contributed by atoms with Crippen LogP contribution in [-0.4, -0.2) is 51.9 Å². The molecule has 2 aromatic rings. The Morgan fingerprint density at radius 3 is 2.62 bits per heavy atom. The Morgan fingerprint density at radius 2 is 1.93 bits per heavy atom. The van der Waals surface area contributed by atoms with E-state index in [-0.39, 0.29) is 24.0 Å². The van der Waals surface area contributed by atoms with Crippen molar-refractivity contribution >= 4 is 46.3 Å². The molecule has 0 saturated carbocycles. The summed E-state index contributed by atoms with van der Waals surface area (Å²) in [6.45, 7) is 4.63. The molecule has 3 rings (SSSR count). The van der Waals surface area contributed by atoms with Crippen LogP contribution < -0.4 is 15.5 Å². The first-order valence-electron chi connectivity index (χ1n) is 10.2. The molecule has 0 aliphatic carbocycles. The van der Waals surface area contributed by atoms with Crippen LogP contribution in [0.25, 0.3) is 0 Å². The summed E-state index contributed by atoms with van der Waals surface area (Å²) < 4.78 is 5.75. The maximum Gasteiger partial charge on any atom is 0.191 e. The van der Waals surface area contributed by atoms with Crippen molar-refractivity contribution in [3.63, 3.8) is 0 Å². The van der Waals surface area contributed by atoms with E-state index >= 15 is 0 Å². The van der Waals surface area contributed by atoms with Crippen molar-refractivity contribution in [2.24, 2.45) is 4.99 Å². The van der Waals surface area contributed by atoms with Crippen LogP contribution in [0.4, 0.5) is 5.00 Å². The zero-order valence-electron chi connectivity index (χ0n) is 17.2. The predicted molar refractivity (Wildman–Crippen MR) is 135 cm³/mol. The first kappa shape index (κ1) is 24.0. The molecular weight excluding hydrogens is 495 g/mol. The number of nitrogens with zero attached hydrogens (tertiary/aromatic N) is 2. The first-order valence-corrected chi connectivity index (χ1v) is 11.1. The Kier molecular flexibility index (Phi) is 11.4. The standard InChI is InChI=1S/C22H32N4OS.HI/c1-23-22(24-13-6-16-27-17-12-19-7-3-2-4-8-19)25-20-10-14-26(15-11-20)21-9-5-18-28-21;/h2-5,7-9,18,20H,6,10-17H2,1H3,(H2,23,24,25);1H. The van der Waals surface area contributed by atoms with Crippen LogP contribution in [0.3, 0.4) is 0 Å². The van der Waals surface area contributed by atoms with Gasteiger partial charge in [0.1, 0.15) is 0 Å². The van der Waals surface area contributed by atoms with E-state index in [1.54, 1.807) is 0 Å². The van der Waals surface area contributed by atoms with Crippen molar-refractivity contribution < 1.29 is 4.74 Å². The average molecular weight is 529 g/mol. The topological polar surface area (TPSA) is 48.9 Å². The molecule has 0 spiro atoms. The van der Waals surface area contributed by atoms with Gasteiger partial charge in [0, 0.05) is 39.3 Å². The highest BCUT2D eigenvalue weighted by Crippen LogP contribution is 2.24. The van der Waals surface area contributed by atoms with Gasteiger partial charge in [0.25, 0.3) is 0 Å². The summed E-state index contributed by atoms with van der Waals surface area (Å²) in [5.74, 6) is 0.902. The van der Waals surface area contributed by atoms with Gasteiger partial charge in [0.2, 0.25) is 0 Å². The van der Waals surface area contributed by atoms with Crippen LogP contribution in [0.1, 0.15) is 24.8 Å². The zero-order valence-corrected chi connectivity index (χ0v) is 20.3. The Bertz CT molecular complexity index is 688. The van der Waals surface area contributed by atoms with Crippen LogP contribution in [0.2, 0.25) is 0 Å². The predicted octanol–water partition coefficient (Wildman–Crippen LogP) is 4.15. The highest BCUT2D eigenvalue weighted by Gasteiger charge is 2.20. The highest BCUT2D eigenvalue weighted by atomic mass is 127. The number of guanidine groups is 1. The minimum atomic E-state index is 0. The van der Waals surface area contributed by atoms with Gasteiger partial charge in [0.05, 0.1) is 11.6 Å². The average Bonchev–Trinajstić information content (AvgIpc) is 3.28. The van der Waals surface area contributed by atoms with E-state index in [1.165, 1.54) is 10.6 Å². The van der Waals surface area contributed by atoms with Crippen LogP contribution in [0, 0.1) is 0 Å². The van der Waals surface area contributed by atoms with E-state index in [2.05, 4.69) is 62.3 Å². The molecule has 0 atom stereocenters. The summed E-state index contributed by atoms with van der Waals surface area (Å²) in [5, 5.41) is 10.5. The molecule has 160 valence electrons. The molecule has 1 saturated heterocycles. The van der Waals surface area contributed by atoms with E-state index in [0.29, 0.717) is 6.04 Å². The summed E-state index contributed by atoms with van der Waals surface area (Å²) in [7, 11) is 1.84. The first-order chi connectivity index (χ1) is 13.8. The molecule has 1 aliphatic heterocycles. The zero-order chi connectivity index (χ0) is 19.4. The number of hydrogen-bond donors (Lipinski definition) is 2. The number of aliphatic imine (C=N–C) groups is 1. The van der Waals surface area contributed by atoms with Gasteiger partial charge in [-0.3, -0.25) is 4.99 Å². The molecule has 7 heteroatoms. The number of anilines is 1. The Hall–Kier alpha value is -1.32. The molecule has 5 nitrogen and oxygen atoms in total. The Balaban J connectivity index is 0.00000300. The molecule has 1 aromatic carbocycles. The third-order valence-electron chi connectivity index (χ3n) is 5.01. The fourth-order valence-corrected chi connectivity index (χ4v) is 4.19. The van der Waals surface area contributed by atoms with E-state index in [0.717, 1.165) is 64.5 Å². The number of piperidine rings is 1. The number of benzene rings is 1. The van der Waals surface area contributed by atoms with Gasteiger partial charge in [-0.25, -0.2) is 0 Å². The lowest BCUT2D eigenvalue weighted by Gasteiger charge is -2.33. The lowest BCUT2D eigenvalue weighted by Crippen LogP contribution is -2.48. The second kappa shape index (κ2) is 13.8. The Labute approximate surface area is 196 Å². The third-order valence-corrected chi connectivity index (χ3v) is 5.94. The van der Waals surface area contributed by atoms with Gasteiger partial charge < -0.3 is 20.3 Å². The molecule has 1 fully saturated rings. The van der Waals surface area contributed by atoms with Gasteiger partial charge in [-0.05, 0) is 48.8 Å². The van der Waals surface area contributed by atoms with Gasteiger partial charge in [-0.15, -0.1) is 35.3 Å². The maximum atomic E-state index is 5.75. The second-order valence-electron chi connectivity index (χ2n) is 7.06. The summed E-state index contributed by atoms with van der Waals surface area (Å²) in [5.41, 5.74) is 1.33.